The Morgan fingerprint density at radius 3 is 2.05 bits per heavy atom. The summed E-state index contributed by atoms with van der Waals surface area (Å²) in [5.74, 6) is 2.66. The number of anilines is 4. The van der Waals surface area contributed by atoms with Crippen molar-refractivity contribution in [2.45, 2.75) is 111 Å². The molecule has 5 aromatic carbocycles. The van der Waals surface area contributed by atoms with Gasteiger partial charge in [-0.15, -0.1) is 53.6 Å². The van der Waals surface area contributed by atoms with Crippen LogP contribution in [0.1, 0.15) is 117 Å². The van der Waals surface area contributed by atoms with Crippen LogP contribution in [0.15, 0.2) is 109 Å². The zero-order chi connectivity index (χ0) is 41.1. The molecule has 0 saturated heterocycles. The van der Waals surface area contributed by atoms with Gasteiger partial charge >= 0.3 is 0 Å². The van der Waals surface area contributed by atoms with Crippen LogP contribution >= 0.6 is 0 Å². The van der Waals surface area contributed by atoms with Gasteiger partial charge in [-0.25, -0.2) is 4.98 Å². The van der Waals surface area contributed by atoms with Crippen molar-refractivity contribution in [3.63, 3.8) is 0 Å². The van der Waals surface area contributed by atoms with E-state index in [1.54, 1.807) is 0 Å². The first-order valence-electron chi connectivity index (χ1n) is 20.9. The third-order valence-corrected chi connectivity index (χ3v) is 11.8. The van der Waals surface area contributed by atoms with Gasteiger partial charge in [0.2, 0.25) is 0 Å². The molecule has 2 aromatic heterocycles. The molecule has 6 heteroatoms. The number of ether oxygens (including phenoxy) is 1. The molecule has 5 nitrogen and oxygen atoms in total. The van der Waals surface area contributed by atoms with Crippen LogP contribution in [-0.4, -0.2) is 9.55 Å². The number of hydrogen-bond donors (Lipinski definition) is 0. The molecule has 1 aliphatic heterocycles. The Morgan fingerprint density at radius 2 is 1.34 bits per heavy atom. The number of rotatable bonds is 8. The molecule has 0 saturated carbocycles. The van der Waals surface area contributed by atoms with E-state index in [2.05, 4.69) is 206 Å². The van der Waals surface area contributed by atoms with E-state index < -0.39 is 0 Å². The van der Waals surface area contributed by atoms with Crippen molar-refractivity contribution in [2.75, 3.05) is 9.80 Å². The summed E-state index contributed by atoms with van der Waals surface area (Å²) in [6, 6.07) is 44.7. The van der Waals surface area contributed by atoms with Crippen molar-refractivity contribution >= 4 is 44.6 Å². The number of pyridine rings is 1. The van der Waals surface area contributed by atoms with Gasteiger partial charge < -0.3 is 19.1 Å². The van der Waals surface area contributed by atoms with Gasteiger partial charge in [-0.2, -0.15) is 6.07 Å². The van der Waals surface area contributed by atoms with Gasteiger partial charge in [0.1, 0.15) is 5.82 Å². The van der Waals surface area contributed by atoms with Crippen LogP contribution in [0.4, 0.5) is 22.7 Å². The van der Waals surface area contributed by atoms with Crippen LogP contribution in [0.25, 0.3) is 27.6 Å². The van der Waals surface area contributed by atoms with Crippen LogP contribution < -0.4 is 14.5 Å². The predicted molar refractivity (Wildman–Crippen MR) is 244 cm³/mol. The van der Waals surface area contributed by atoms with E-state index in [0.717, 1.165) is 68.8 Å². The molecule has 308 valence electrons. The second-order valence-electron chi connectivity index (χ2n) is 19.0. The minimum absolute atomic E-state index is 0. The number of aromatic nitrogens is 2. The van der Waals surface area contributed by atoms with E-state index in [9.17, 15) is 0 Å². The standard InChI is InChI=1S/C53H57N4O.Pt/c1-12-35(13-2)36-17-16-18-40(27-36)55-34-56(49-30-37(51(3,4)5)21-24-47(49)55)41-28-39(53(9,10)11)29-43(32-41)58-42-22-23-45-44-19-14-15-20-46(44)57(48(45)33-42)50-31-38(25-26-54-50)52(6,7)8;/h14-31,34-35H,12-13H2,1-11H3;/q-3;. The molecule has 1 aliphatic rings. The van der Waals surface area contributed by atoms with Gasteiger partial charge in [-0.1, -0.05) is 118 Å². The maximum atomic E-state index is 6.83. The molecule has 0 amide bonds. The molecule has 8 rings (SSSR count). The first-order chi connectivity index (χ1) is 27.5. The number of nitrogens with zero attached hydrogens (tertiary/aromatic N) is 4. The Bertz CT molecular complexity index is 2630. The fraction of sp³-hybridized carbons (Fsp3) is 0.321. The van der Waals surface area contributed by atoms with E-state index in [0.29, 0.717) is 17.4 Å². The van der Waals surface area contributed by atoms with E-state index in [1.165, 1.54) is 16.7 Å². The summed E-state index contributed by atoms with van der Waals surface area (Å²) < 4.78 is 9.04. The predicted octanol–water partition coefficient (Wildman–Crippen LogP) is 14.8. The Morgan fingerprint density at radius 1 is 0.627 bits per heavy atom. The van der Waals surface area contributed by atoms with Crippen molar-refractivity contribution < 1.29 is 25.8 Å². The molecule has 7 aromatic rings. The summed E-state index contributed by atoms with van der Waals surface area (Å²) in [5, 5.41) is 2.25. The smallest absolute Gasteiger partial charge is 0.135 e. The van der Waals surface area contributed by atoms with E-state index in [4.69, 9.17) is 9.72 Å². The molecule has 0 bridgehead atoms. The Balaban J connectivity index is 0.00000528. The topological polar surface area (TPSA) is 33.5 Å². The second-order valence-corrected chi connectivity index (χ2v) is 19.0. The Kier molecular flexibility index (Phi) is 11.4. The molecular weight excluding hydrogens is 904 g/mol. The van der Waals surface area contributed by atoms with Crippen molar-refractivity contribution in [2.24, 2.45) is 0 Å². The van der Waals surface area contributed by atoms with Gasteiger partial charge in [0.05, 0.1) is 0 Å². The average molecular weight is 961 g/mol. The molecule has 0 aliphatic carbocycles. The summed E-state index contributed by atoms with van der Waals surface area (Å²) in [6.07, 6.45) is 4.15. The van der Waals surface area contributed by atoms with Crippen LogP contribution in [-0.2, 0) is 37.3 Å². The van der Waals surface area contributed by atoms with Crippen LogP contribution in [0.3, 0.4) is 0 Å². The van der Waals surface area contributed by atoms with Gasteiger partial charge in [-0.05, 0) is 99.5 Å². The Labute approximate surface area is 366 Å². The fourth-order valence-electron chi connectivity index (χ4n) is 8.16. The number of fused-ring (bicyclic) bond motifs is 4. The summed E-state index contributed by atoms with van der Waals surface area (Å²) in [5.41, 5.74) is 11.2. The largest absolute Gasteiger partial charge is 0.509 e. The van der Waals surface area contributed by atoms with Gasteiger partial charge in [0.25, 0.3) is 0 Å². The number of para-hydroxylation sites is 1. The van der Waals surface area contributed by atoms with Crippen molar-refractivity contribution in [3.05, 3.63) is 150 Å². The third-order valence-electron chi connectivity index (χ3n) is 11.8. The van der Waals surface area contributed by atoms with Crippen molar-refractivity contribution in [1.29, 1.82) is 0 Å². The molecule has 3 heterocycles. The number of hydrogen-bond acceptors (Lipinski definition) is 4. The van der Waals surface area contributed by atoms with E-state index in [-0.39, 0.29) is 37.3 Å². The van der Waals surface area contributed by atoms with E-state index >= 15 is 0 Å². The molecule has 0 radical (unpaired) electrons. The molecule has 0 fully saturated rings. The quantitative estimate of drug-likeness (QED) is 0.142. The molecule has 0 atom stereocenters. The first kappa shape index (κ1) is 42.3. The zero-order valence-electron chi connectivity index (χ0n) is 36.5. The minimum atomic E-state index is -0.148. The van der Waals surface area contributed by atoms with Gasteiger partial charge in [0, 0.05) is 61.3 Å². The third kappa shape index (κ3) is 8.21. The molecule has 0 unspecified atom stereocenters. The monoisotopic (exact) mass is 960 g/mol. The van der Waals surface area contributed by atoms with Crippen molar-refractivity contribution in [1.82, 2.24) is 9.55 Å². The van der Waals surface area contributed by atoms with E-state index in [1.807, 2.05) is 12.3 Å². The average Bonchev–Trinajstić information content (AvgIpc) is 3.73. The normalized spacial score (nSPS) is 13.4. The maximum absolute atomic E-state index is 6.83. The minimum Gasteiger partial charge on any atom is -0.509 e. The summed E-state index contributed by atoms with van der Waals surface area (Å²) in [7, 11) is 0. The summed E-state index contributed by atoms with van der Waals surface area (Å²) in [4.78, 5) is 9.49. The first-order valence-corrected chi connectivity index (χ1v) is 20.9. The molecule has 59 heavy (non-hydrogen) atoms. The molecule has 0 spiro atoms. The van der Waals surface area contributed by atoms with Crippen LogP contribution in [0.2, 0.25) is 0 Å². The second kappa shape index (κ2) is 16.0. The number of benzene rings is 5. The zero-order valence-corrected chi connectivity index (χ0v) is 38.7. The fourth-order valence-corrected chi connectivity index (χ4v) is 8.16. The van der Waals surface area contributed by atoms with Gasteiger partial charge in [-0.3, -0.25) is 0 Å². The van der Waals surface area contributed by atoms with Gasteiger partial charge in [0.15, 0.2) is 0 Å². The Hall–Kier alpha value is -4.86. The maximum Gasteiger partial charge on any atom is 0.135 e. The van der Waals surface area contributed by atoms with Crippen LogP contribution in [0, 0.1) is 18.8 Å². The van der Waals surface area contributed by atoms with Crippen molar-refractivity contribution in [3.8, 4) is 17.3 Å². The summed E-state index contributed by atoms with van der Waals surface area (Å²) >= 11 is 0. The molecular formula is C53H57N4OPt-3. The SMILES string of the molecule is CCC(CC)c1cccc(N2[CH-]N(c3[c-]c(Oc4[c-]c5c(cc4)c4ccccc4n5-c4cc(C(C)(C)C)ccn4)cc(C(C)(C)C)c3)c3cc(C(C)(C)C)ccc32)c1.[Pt]. The molecule has 0 N–H and O–H groups in total. The summed E-state index contributed by atoms with van der Waals surface area (Å²) in [6.45, 7) is 27.1. The van der Waals surface area contributed by atoms with Crippen LogP contribution in [0.5, 0.6) is 11.5 Å².